The Hall–Kier alpha value is -1.40. The molecular formula is C10H18N4O2. The summed E-state index contributed by atoms with van der Waals surface area (Å²) >= 11 is 0. The van der Waals surface area contributed by atoms with Gasteiger partial charge in [0.15, 0.2) is 0 Å². The molecule has 6 nitrogen and oxygen atoms in total. The summed E-state index contributed by atoms with van der Waals surface area (Å²) in [5.41, 5.74) is 5.73. The van der Waals surface area contributed by atoms with Gasteiger partial charge in [-0.2, -0.15) is 5.10 Å². The largest absolute Gasteiger partial charge is 0.385 e. The first-order chi connectivity index (χ1) is 7.65. The molecule has 0 spiro atoms. The maximum atomic E-state index is 11.6. The van der Waals surface area contributed by atoms with E-state index in [4.69, 9.17) is 10.5 Å². The highest BCUT2D eigenvalue weighted by molar-refractivity contribution is 5.93. The number of carbonyl (C=O) groups excluding carboxylic acids is 1. The van der Waals surface area contributed by atoms with Crippen molar-refractivity contribution in [3.05, 3.63) is 12.3 Å². The van der Waals surface area contributed by atoms with E-state index in [1.54, 1.807) is 31.1 Å². The second-order valence-electron chi connectivity index (χ2n) is 3.57. The fourth-order valence-electron chi connectivity index (χ4n) is 1.29. The summed E-state index contributed by atoms with van der Waals surface area (Å²) in [4.78, 5) is 11.6. The van der Waals surface area contributed by atoms with Gasteiger partial charge in [-0.3, -0.25) is 9.48 Å². The second-order valence-corrected chi connectivity index (χ2v) is 3.57. The van der Waals surface area contributed by atoms with Crippen LogP contribution in [0.25, 0.3) is 0 Å². The number of hydrogen-bond acceptors (Lipinski definition) is 4. The summed E-state index contributed by atoms with van der Waals surface area (Å²) in [6.07, 6.45) is 3.00. The molecule has 0 aliphatic heterocycles. The standard InChI is InChI=1S/C10H18N4O2/c1-14-9(5-6-12-14)13-10(15)8(11)4-3-7-16-2/h5-6,8H,3-4,7,11H2,1-2H3,(H,13,15). The highest BCUT2D eigenvalue weighted by Gasteiger charge is 2.14. The number of aryl methyl sites for hydroxylation is 1. The Kier molecular flexibility index (Phi) is 4.94. The van der Waals surface area contributed by atoms with Crippen LogP contribution < -0.4 is 11.1 Å². The summed E-state index contributed by atoms with van der Waals surface area (Å²) in [5, 5.41) is 6.66. The Morgan fingerprint density at radius 1 is 1.75 bits per heavy atom. The van der Waals surface area contributed by atoms with Gasteiger partial charge in [-0.1, -0.05) is 0 Å². The van der Waals surface area contributed by atoms with Crippen LogP contribution in [0.3, 0.4) is 0 Å². The highest BCUT2D eigenvalue weighted by atomic mass is 16.5. The summed E-state index contributed by atoms with van der Waals surface area (Å²) in [7, 11) is 3.38. The van der Waals surface area contributed by atoms with E-state index in [2.05, 4.69) is 10.4 Å². The van der Waals surface area contributed by atoms with Crippen molar-refractivity contribution in [3.8, 4) is 0 Å². The van der Waals surface area contributed by atoms with Gasteiger partial charge in [0.05, 0.1) is 12.2 Å². The van der Waals surface area contributed by atoms with Crippen LogP contribution in [0.4, 0.5) is 5.82 Å². The molecule has 0 saturated carbocycles. The molecule has 6 heteroatoms. The molecule has 3 N–H and O–H groups in total. The fraction of sp³-hybridized carbons (Fsp3) is 0.600. The minimum absolute atomic E-state index is 0.195. The molecule has 1 unspecified atom stereocenters. The van der Waals surface area contributed by atoms with Crippen LogP contribution >= 0.6 is 0 Å². The maximum absolute atomic E-state index is 11.6. The quantitative estimate of drug-likeness (QED) is 0.675. The molecule has 0 radical (unpaired) electrons. The van der Waals surface area contributed by atoms with Gasteiger partial charge in [-0.05, 0) is 12.8 Å². The number of anilines is 1. The molecule has 0 bridgehead atoms. The van der Waals surface area contributed by atoms with Crippen molar-refractivity contribution in [1.29, 1.82) is 0 Å². The molecule has 1 aromatic rings. The average Bonchev–Trinajstić information content (AvgIpc) is 2.64. The monoisotopic (exact) mass is 226 g/mol. The number of hydrogen-bond donors (Lipinski definition) is 2. The van der Waals surface area contributed by atoms with Crippen molar-refractivity contribution in [2.75, 3.05) is 19.0 Å². The van der Waals surface area contributed by atoms with Crippen molar-refractivity contribution in [2.24, 2.45) is 12.8 Å². The van der Waals surface area contributed by atoms with Crippen LogP contribution in [-0.2, 0) is 16.6 Å². The minimum Gasteiger partial charge on any atom is -0.385 e. The third kappa shape index (κ3) is 3.63. The number of ether oxygens (including phenoxy) is 1. The first-order valence-corrected chi connectivity index (χ1v) is 5.18. The summed E-state index contributed by atoms with van der Waals surface area (Å²) in [5.74, 6) is 0.451. The van der Waals surface area contributed by atoms with Crippen LogP contribution in [0.2, 0.25) is 0 Å². The molecule has 1 atom stereocenters. The molecule has 0 saturated heterocycles. The first-order valence-electron chi connectivity index (χ1n) is 5.18. The van der Waals surface area contributed by atoms with Gasteiger partial charge in [0.25, 0.3) is 0 Å². The number of methoxy groups -OCH3 is 1. The van der Waals surface area contributed by atoms with E-state index < -0.39 is 6.04 Å². The summed E-state index contributed by atoms with van der Waals surface area (Å²) in [6, 6.07) is 1.21. The lowest BCUT2D eigenvalue weighted by molar-refractivity contribution is -0.117. The average molecular weight is 226 g/mol. The van der Waals surface area contributed by atoms with Gasteiger partial charge in [0.1, 0.15) is 5.82 Å². The van der Waals surface area contributed by atoms with Gasteiger partial charge in [0.2, 0.25) is 5.91 Å². The first kappa shape index (κ1) is 12.7. The Balaban J connectivity index is 2.37. The third-order valence-electron chi connectivity index (χ3n) is 2.27. The summed E-state index contributed by atoms with van der Waals surface area (Å²) in [6.45, 7) is 0.618. The molecule has 0 aliphatic carbocycles. The van der Waals surface area contributed by atoms with Crippen LogP contribution in [-0.4, -0.2) is 35.4 Å². The Morgan fingerprint density at radius 2 is 2.50 bits per heavy atom. The van der Waals surface area contributed by atoms with Crippen LogP contribution in [0.15, 0.2) is 12.3 Å². The van der Waals surface area contributed by atoms with E-state index in [9.17, 15) is 4.79 Å². The number of rotatable bonds is 6. The van der Waals surface area contributed by atoms with E-state index in [0.717, 1.165) is 6.42 Å². The Morgan fingerprint density at radius 3 is 3.06 bits per heavy atom. The number of carbonyl (C=O) groups is 1. The number of nitrogens with one attached hydrogen (secondary N) is 1. The zero-order valence-corrected chi connectivity index (χ0v) is 9.64. The zero-order chi connectivity index (χ0) is 12.0. The van der Waals surface area contributed by atoms with Crippen molar-refractivity contribution in [3.63, 3.8) is 0 Å². The predicted molar refractivity (Wildman–Crippen MR) is 60.9 cm³/mol. The zero-order valence-electron chi connectivity index (χ0n) is 9.64. The Bertz CT molecular complexity index is 337. The number of aromatic nitrogens is 2. The molecule has 0 aliphatic rings. The van der Waals surface area contributed by atoms with Crippen LogP contribution in [0.1, 0.15) is 12.8 Å². The molecule has 0 fully saturated rings. The Labute approximate surface area is 94.8 Å². The van der Waals surface area contributed by atoms with E-state index in [1.807, 2.05) is 0 Å². The predicted octanol–water partition coefficient (Wildman–Crippen LogP) is 0.112. The SMILES string of the molecule is COCCCC(N)C(=O)Nc1ccnn1C. The molecule has 1 heterocycles. The number of nitrogens with two attached hydrogens (primary N) is 1. The molecule has 0 aromatic carbocycles. The summed E-state index contributed by atoms with van der Waals surface area (Å²) < 4.78 is 6.48. The van der Waals surface area contributed by atoms with Crippen molar-refractivity contribution < 1.29 is 9.53 Å². The number of nitrogens with zero attached hydrogens (tertiary/aromatic N) is 2. The molecule has 16 heavy (non-hydrogen) atoms. The molecule has 1 amide bonds. The molecular weight excluding hydrogens is 208 g/mol. The maximum Gasteiger partial charge on any atom is 0.242 e. The van der Waals surface area contributed by atoms with E-state index in [0.29, 0.717) is 18.8 Å². The third-order valence-corrected chi connectivity index (χ3v) is 2.27. The highest BCUT2D eigenvalue weighted by Crippen LogP contribution is 2.05. The minimum atomic E-state index is -0.509. The normalized spacial score (nSPS) is 12.4. The smallest absolute Gasteiger partial charge is 0.242 e. The lowest BCUT2D eigenvalue weighted by atomic mass is 10.1. The molecule has 90 valence electrons. The van der Waals surface area contributed by atoms with E-state index >= 15 is 0 Å². The topological polar surface area (TPSA) is 82.2 Å². The lowest BCUT2D eigenvalue weighted by Gasteiger charge is -2.11. The van der Waals surface area contributed by atoms with Crippen LogP contribution in [0, 0.1) is 0 Å². The van der Waals surface area contributed by atoms with Gasteiger partial charge < -0.3 is 15.8 Å². The van der Waals surface area contributed by atoms with Crippen LogP contribution in [0.5, 0.6) is 0 Å². The van der Waals surface area contributed by atoms with E-state index in [1.165, 1.54) is 0 Å². The second kappa shape index (κ2) is 6.24. The van der Waals surface area contributed by atoms with Crippen molar-refractivity contribution in [1.82, 2.24) is 9.78 Å². The van der Waals surface area contributed by atoms with Crippen molar-refractivity contribution in [2.45, 2.75) is 18.9 Å². The van der Waals surface area contributed by atoms with Gasteiger partial charge in [0, 0.05) is 26.8 Å². The van der Waals surface area contributed by atoms with Gasteiger partial charge in [-0.25, -0.2) is 0 Å². The van der Waals surface area contributed by atoms with Gasteiger partial charge >= 0.3 is 0 Å². The van der Waals surface area contributed by atoms with Crippen molar-refractivity contribution >= 4 is 11.7 Å². The fourth-order valence-corrected chi connectivity index (χ4v) is 1.29. The lowest BCUT2D eigenvalue weighted by Crippen LogP contribution is -2.36. The van der Waals surface area contributed by atoms with Gasteiger partial charge in [-0.15, -0.1) is 0 Å². The number of amides is 1. The molecule has 1 aromatic heterocycles. The van der Waals surface area contributed by atoms with E-state index in [-0.39, 0.29) is 5.91 Å². The molecule has 1 rings (SSSR count).